The summed E-state index contributed by atoms with van der Waals surface area (Å²) in [6.45, 7) is 4.71. The second kappa shape index (κ2) is 16.5. The Morgan fingerprint density at radius 2 is 0.931 bits per heavy atom. The molecule has 0 unspecified atom stereocenters. The van der Waals surface area contributed by atoms with Gasteiger partial charge in [-0.05, 0) is 123 Å². The van der Waals surface area contributed by atoms with Gasteiger partial charge in [0.1, 0.15) is 11.2 Å². The van der Waals surface area contributed by atoms with Crippen LogP contribution >= 0.6 is 0 Å². The SMILES string of the molecule is CC1(C)c2ccccc2-c2c(N(c3ccc(-c4ccc5c(c4)c4cc(-c6ccccc6)cc(-c6ccccc6)c4n5-c4ccccc4)cc3)c3ccc(-c4cccc5c4oc4ccccc45)cc3)cccc21. The topological polar surface area (TPSA) is 21.3 Å². The van der Waals surface area contributed by atoms with Crippen LogP contribution in [0.2, 0.25) is 0 Å². The highest BCUT2D eigenvalue weighted by Gasteiger charge is 2.37. The fraction of sp³-hybridized carbons (Fsp3) is 0.0435. The molecule has 0 saturated heterocycles. The monoisotopic (exact) mass is 920 g/mol. The molecule has 0 fully saturated rings. The third-order valence-electron chi connectivity index (χ3n) is 15.2. The van der Waals surface area contributed by atoms with Crippen LogP contribution in [0.15, 0.2) is 259 Å². The van der Waals surface area contributed by atoms with Crippen molar-refractivity contribution in [2.75, 3.05) is 4.90 Å². The minimum absolute atomic E-state index is 0.140. The summed E-state index contributed by atoms with van der Waals surface area (Å²) in [5.41, 5.74) is 23.1. The first-order valence-corrected chi connectivity index (χ1v) is 24.9. The van der Waals surface area contributed by atoms with Gasteiger partial charge in [-0.15, -0.1) is 0 Å². The van der Waals surface area contributed by atoms with E-state index in [0.29, 0.717) is 0 Å². The van der Waals surface area contributed by atoms with E-state index in [1.165, 1.54) is 71.9 Å². The molecule has 3 heteroatoms. The summed E-state index contributed by atoms with van der Waals surface area (Å²) >= 11 is 0. The molecule has 2 aromatic heterocycles. The molecule has 0 spiro atoms. The average Bonchev–Trinajstić information content (AvgIpc) is 4.07. The highest BCUT2D eigenvalue weighted by Crippen LogP contribution is 2.54. The quantitative estimate of drug-likeness (QED) is 0.151. The largest absolute Gasteiger partial charge is 0.455 e. The van der Waals surface area contributed by atoms with Crippen molar-refractivity contribution in [2.45, 2.75) is 19.3 Å². The molecule has 3 nitrogen and oxygen atoms in total. The number of furan rings is 1. The van der Waals surface area contributed by atoms with Crippen LogP contribution in [-0.4, -0.2) is 4.57 Å². The number of aromatic nitrogens is 1. The first-order chi connectivity index (χ1) is 35.5. The number of fused-ring (bicyclic) bond motifs is 9. The first kappa shape index (κ1) is 41.8. The summed E-state index contributed by atoms with van der Waals surface area (Å²) in [7, 11) is 0. The van der Waals surface area contributed by atoms with E-state index in [-0.39, 0.29) is 5.41 Å². The molecule has 1 aliphatic rings. The van der Waals surface area contributed by atoms with Crippen molar-refractivity contribution in [2.24, 2.45) is 0 Å². The van der Waals surface area contributed by atoms with Gasteiger partial charge >= 0.3 is 0 Å². The van der Waals surface area contributed by atoms with Crippen molar-refractivity contribution in [1.82, 2.24) is 4.57 Å². The number of para-hydroxylation sites is 3. The van der Waals surface area contributed by atoms with Crippen LogP contribution < -0.4 is 4.90 Å². The van der Waals surface area contributed by atoms with Crippen LogP contribution in [0.25, 0.3) is 105 Å². The lowest BCUT2D eigenvalue weighted by molar-refractivity contribution is 0.660. The number of anilines is 3. The normalized spacial score (nSPS) is 12.7. The molecule has 0 amide bonds. The van der Waals surface area contributed by atoms with Crippen molar-refractivity contribution in [3.8, 4) is 61.3 Å². The van der Waals surface area contributed by atoms with E-state index in [0.717, 1.165) is 61.4 Å². The van der Waals surface area contributed by atoms with Gasteiger partial charge in [0.05, 0.1) is 16.7 Å². The molecule has 0 aliphatic heterocycles. The van der Waals surface area contributed by atoms with Crippen LogP contribution in [0, 0.1) is 0 Å². The summed E-state index contributed by atoms with van der Waals surface area (Å²) in [4.78, 5) is 2.44. The number of nitrogens with zero attached hydrogens (tertiary/aromatic N) is 2. The lowest BCUT2D eigenvalue weighted by Gasteiger charge is -2.29. The van der Waals surface area contributed by atoms with Gasteiger partial charge in [-0.2, -0.15) is 0 Å². The molecule has 1 aliphatic carbocycles. The smallest absolute Gasteiger partial charge is 0.143 e. The van der Waals surface area contributed by atoms with Crippen LogP contribution in [-0.2, 0) is 5.41 Å². The number of benzene rings is 11. The molecule has 72 heavy (non-hydrogen) atoms. The van der Waals surface area contributed by atoms with E-state index >= 15 is 0 Å². The van der Waals surface area contributed by atoms with Crippen molar-refractivity contribution in [3.63, 3.8) is 0 Å². The fourth-order valence-electron chi connectivity index (χ4n) is 11.7. The van der Waals surface area contributed by atoms with Gasteiger partial charge in [0.2, 0.25) is 0 Å². The number of rotatable bonds is 8. The van der Waals surface area contributed by atoms with Crippen molar-refractivity contribution in [1.29, 1.82) is 0 Å². The Labute approximate surface area is 419 Å². The molecule has 0 atom stereocenters. The molecular weight excluding hydrogens is 873 g/mol. The maximum Gasteiger partial charge on any atom is 0.143 e. The van der Waals surface area contributed by atoms with Gasteiger partial charge in [-0.3, -0.25) is 0 Å². The molecule has 0 saturated carbocycles. The third-order valence-corrected chi connectivity index (χ3v) is 15.2. The minimum atomic E-state index is -0.140. The van der Waals surface area contributed by atoms with E-state index in [2.05, 4.69) is 272 Å². The molecule has 11 aromatic carbocycles. The maximum atomic E-state index is 6.51. The fourth-order valence-corrected chi connectivity index (χ4v) is 11.7. The Morgan fingerprint density at radius 1 is 0.375 bits per heavy atom. The molecule has 340 valence electrons. The summed E-state index contributed by atoms with van der Waals surface area (Å²) in [5.74, 6) is 0. The molecule has 0 N–H and O–H groups in total. The van der Waals surface area contributed by atoms with E-state index in [1.54, 1.807) is 0 Å². The summed E-state index contributed by atoms with van der Waals surface area (Å²) < 4.78 is 8.96. The molecule has 13 aromatic rings. The zero-order valence-electron chi connectivity index (χ0n) is 40.1. The van der Waals surface area contributed by atoms with Crippen molar-refractivity contribution < 1.29 is 4.42 Å². The van der Waals surface area contributed by atoms with Crippen LogP contribution in [0.4, 0.5) is 17.1 Å². The highest BCUT2D eigenvalue weighted by atomic mass is 16.3. The number of hydrogen-bond acceptors (Lipinski definition) is 2. The molecule has 0 radical (unpaired) electrons. The maximum absolute atomic E-state index is 6.51. The second-order valence-electron chi connectivity index (χ2n) is 19.6. The van der Waals surface area contributed by atoms with Gasteiger partial charge in [-0.25, -0.2) is 0 Å². The Hall–Kier alpha value is -9.18. The van der Waals surface area contributed by atoms with E-state index in [9.17, 15) is 0 Å². The standard InChI is InChI=1S/C69H48N2O/c1-69(2)61-28-14-12-25-57(61)66-62(69)29-17-30-64(66)70(53-39-34-48(35-40-53)54-26-16-27-56-55-24-13-15-31-65(55)72-68(54)56)52-37-32-46(33-38-52)49-36-41-63-59(42-49)60-44-50(45-18-6-3-7-19-45)43-58(47-20-8-4-9-21-47)67(60)71(63)51-22-10-5-11-23-51/h3-44H,1-2H3. The van der Waals surface area contributed by atoms with Crippen LogP contribution in [0.1, 0.15) is 25.0 Å². The lowest BCUT2D eigenvalue weighted by atomic mass is 9.82. The first-order valence-electron chi connectivity index (χ1n) is 24.9. The zero-order chi connectivity index (χ0) is 47.9. The summed E-state index contributed by atoms with van der Waals surface area (Å²) in [6, 6.07) is 92.9. The Balaban J connectivity index is 0.925. The zero-order valence-corrected chi connectivity index (χ0v) is 40.1. The Morgan fingerprint density at radius 3 is 1.69 bits per heavy atom. The van der Waals surface area contributed by atoms with Gasteiger partial charge in [-0.1, -0.05) is 196 Å². The average molecular weight is 921 g/mol. The minimum Gasteiger partial charge on any atom is -0.455 e. The predicted octanol–water partition coefficient (Wildman–Crippen LogP) is 19.1. The van der Waals surface area contributed by atoms with E-state index in [1.807, 2.05) is 6.07 Å². The molecule has 2 heterocycles. The Bertz CT molecular complexity index is 4200. The summed E-state index contributed by atoms with van der Waals surface area (Å²) in [5, 5.41) is 4.70. The highest BCUT2D eigenvalue weighted by molar-refractivity contribution is 6.16. The van der Waals surface area contributed by atoms with Gasteiger partial charge in [0.25, 0.3) is 0 Å². The number of hydrogen-bond donors (Lipinski definition) is 0. The van der Waals surface area contributed by atoms with Crippen LogP contribution in [0.3, 0.4) is 0 Å². The van der Waals surface area contributed by atoms with Gasteiger partial charge in [0, 0.05) is 60.7 Å². The second-order valence-corrected chi connectivity index (χ2v) is 19.6. The predicted molar refractivity (Wildman–Crippen MR) is 302 cm³/mol. The molecule has 0 bridgehead atoms. The Kier molecular flexibility index (Phi) is 9.56. The lowest BCUT2D eigenvalue weighted by Crippen LogP contribution is -2.16. The molecule has 14 rings (SSSR count). The van der Waals surface area contributed by atoms with E-state index in [4.69, 9.17) is 4.42 Å². The van der Waals surface area contributed by atoms with Crippen molar-refractivity contribution in [3.05, 3.63) is 266 Å². The van der Waals surface area contributed by atoms with Crippen LogP contribution in [0.5, 0.6) is 0 Å². The molecular formula is C69H48N2O. The summed E-state index contributed by atoms with van der Waals surface area (Å²) in [6.07, 6.45) is 0. The van der Waals surface area contributed by atoms with E-state index < -0.39 is 0 Å². The van der Waals surface area contributed by atoms with Gasteiger partial charge in [0.15, 0.2) is 0 Å². The van der Waals surface area contributed by atoms with Crippen molar-refractivity contribution >= 4 is 60.8 Å². The third kappa shape index (κ3) is 6.58. The van der Waals surface area contributed by atoms with Gasteiger partial charge < -0.3 is 13.9 Å².